The number of urea groups is 1. The van der Waals surface area contributed by atoms with Gasteiger partial charge in [-0.2, -0.15) is 11.8 Å². The van der Waals surface area contributed by atoms with Gasteiger partial charge in [0, 0.05) is 0 Å². The summed E-state index contributed by atoms with van der Waals surface area (Å²) in [6.07, 6.45) is 2.15. The minimum absolute atomic E-state index is 0.0245. The van der Waals surface area contributed by atoms with Crippen LogP contribution in [0.1, 0.15) is 12.0 Å². The lowest BCUT2D eigenvalue weighted by Crippen LogP contribution is -2.43. The summed E-state index contributed by atoms with van der Waals surface area (Å²) < 4.78 is 13.5. The van der Waals surface area contributed by atoms with Crippen LogP contribution in [-0.2, 0) is 4.79 Å². The van der Waals surface area contributed by atoms with E-state index in [0.29, 0.717) is 12.2 Å². The molecule has 0 aliphatic rings. The Bertz CT molecular complexity index is 497. The van der Waals surface area contributed by atoms with Crippen LogP contribution in [0, 0.1) is 12.7 Å². The van der Waals surface area contributed by atoms with Crippen LogP contribution in [0.3, 0.4) is 0 Å². The van der Waals surface area contributed by atoms with Gasteiger partial charge in [-0.05, 0) is 43.0 Å². The summed E-state index contributed by atoms with van der Waals surface area (Å²) in [5, 5.41) is 13.6. The summed E-state index contributed by atoms with van der Waals surface area (Å²) in [7, 11) is 0. The monoisotopic (exact) mass is 300 g/mol. The second-order valence-electron chi connectivity index (χ2n) is 4.25. The number of halogens is 1. The molecule has 0 radical (unpaired) electrons. The van der Waals surface area contributed by atoms with Gasteiger partial charge >= 0.3 is 12.0 Å². The molecular weight excluding hydrogens is 283 g/mol. The molecule has 0 fully saturated rings. The van der Waals surface area contributed by atoms with E-state index in [1.54, 1.807) is 13.0 Å². The highest BCUT2D eigenvalue weighted by Crippen LogP contribution is 2.15. The van der Waals surface area contributed by atoms with Crippen molar-refractivity contribution >= 4 is 29.4 Å². The van der Waals surface area contributed by atoms with Gasteiger partial charge in [0.2, 0.25) is 0 Å². The highest BCUT2D eigenvalue weighted by Gasteiger charge is 2.19. The van der Waals surface area contributed by atoms with E-state index in [1.807, 2.05) is 6.26 Å². The Labute approximate surface area is 120 Å². The first-order valence-corrected chi connectivity index (χ1v) is 7.39. The Hall–Kier alpha value is -1.76. The molecule has 0 bridgehead atoms. The zero-order chi connectivity index (χ0) is 15.1. The molecule has 5 nitrogen and oxygen atoms in total. The molecule has 3 N–H and O–H groups in total. The molecule has 1 rings (SSSR count). The number of amides is 2. The van der Waals surface area contributed by atoms with Crippen LogP contribution in [0.15, 0.2) is 18.2 Å². The van der Waals surface area contributed by atoms with Gasteiger partial charge in [-0.1, -0.05) is 6.07 Å². The number of carbonyl (C=O) groups excluding carboxylic acids is 1. The first-order chi connectivity index (χ1) is 9.43. The van der Waals surface area contributed by atoms with Gasteiger partial charge in [0.25, 0.3) is 0 Å². The molecule has 20 heavy (non-hydrogen) atoms. The van der Waals surface area contributed by atoms with Gasteiger partial charge in [-0.15, -0.1) is 0 Å². The van der Waals surface area contributed by atoms with Crippen molar-refractivity contribution in [1.29, 1.82) is 0 Å². The van der Waals surface area contributed by atoms with Crippen molar-refractivity contribution in [2.45, 2.75) is 19.4 Å². The van der Waals surface area contributed by atoms with Crippen LogP contribution in [0.4, 0.5) is 14.9 Å². The van der Waals surface area contributed by atoms with Crippen molar-refractivity contribution in [3.05, 3.63) is 29.6 Å². The zero-order valence-electron chi connectivity index (χ0n) is 11.3. The zero-order valence-corrected chi connectivity index (χ0v) is 12.1. The number of carboxylic acids is 1. The Balaban J connectivity index is 2.65. The molecule has 1 aromatic rings. The minimum Gasteiger partial charge on any atom is -0.480 e. The third-order valence-corrected chi connectivity index (χ3v) is 3.23. The smallest absolute Gasteiger partial charge is 0.326 e. The number of hydrogen-bond donors (Lipinski definition) is 3. The van der Waals surface area contributed by atoms with E-state index in [0.717, 1.165) is 5.56 Å². The predicted molar refractivity (Wildman–Crippen MR) is 77.7 cm³/mol. The maximum atomic E-state index is 13.5. The van der Waals surface area contributed by atoms with Crippen molar-refractivity contribution < 1.29 is 19.1 Å². The topological polar surface area (TPSA) is 78.4 Å². The number of nitrogens with one attached hydrogen (secondary N) is 2. The lowest BCUT2D eigenvalue weighted by molar-refractivity contribution is -0.139. The van der Waals surface area contributed by atoms with E-state index in [4.69, 9.17) is 5.11 Å². The quantitative estimate of drug-likeness (QED) is 0.754. The number of hydrogen-bond acceptors (Lipinski definition) is 3. The van der Waals surface area contributed by atoms with Crippen molar-refractivity contribution in [3.8, 4) is 0 Å². The summed E-state index contributed by atoms with van der Waals surface area (Å²) in [6.45, 7) is 1.76. The fourth-order valence-corrected chi connectivity index (χ4v) is 2.02. The Kier molecular flexibility index (Phi) is 6.30. The van der Waals surface area contributed by atoms with Crippen molar-refractivity contribution in [3.63, 3.8) is 0 Å². The Morgan fingerprint density at radius 1 is 1.45 bits per heavy atom. The third-order valence-electron chi connectivity index (χ3n) is 2.58. The molecule has 1 atom stereocenters. The summed E-state index contributed by atoms with van der Waals surface area (Å²) in [6, 6.07) is 2.58. The fraction of sp³-hybridized carbons (Fsp3) is 0.385. The Morgan fingerprint density at radius 2 is 2.15 bits per heavy atom. The second kappa shape index (κ2) is 7.74. The van der Waals surface area contributed by atoms with E-state index < -0.39 is 23.9 Å². The van der Waals surface area contributed by atoms with Gasteiger partial charge in [-0.3, -0.25) is 0 Å². The molecule has 0 aliphatic heterocycles. The summed E-state index contributed by atoms with van der Waals surface area (Å²) in [5.74, 6) is -1.07. The SMILES string of the molecule is CSCC[C@H](NC(=O)Nc1cc(C)ccc1F)C(=O)O. The largest absolute Gasteiger partial charge is 0.480 e. The fourth-order valence-electron chi connectivity index (χ4n) is 1.54. The molecule has 0 unspecified atom stereocenters. The highest BCUT2D eigenvalue weighted by atomic mass is 32.2. The van der Waals surface area contributed by atoms with Gasteiger partial charge < -0.3 is 15.7 Å². The summed E-state index contributed by atoms with van der Waals surface area (Å²) >= 11 is 1.49. The van der Waals surface area contributed by atoms with E-state index in [1.165, 1.54) is 23.9 Å². The predicted octanol–water partition coefficient (Wildman–Crippen LogP) is 2.46. The van der Waals surface area contributed by atoms with Gasteiger partial charge in [0.05, 0.1) is 5.69 Å². The number of rotatable bonds is 6. The number of aliphatic carboxylic acids is 1. The van der Waals surface area contributed by atoms with Crippen LogP contribution in [0.5, 0.6) is 0 Å². The van der Waals surface area contributed by atoms with Crippen molar-refractivity contribution in [1.82, 2.24) is 5.32 Å². The van der Waals surface area contributed by atoms with Crippen molar-refractivity contribution in [2.75, 3.05) is 17.3 Å². The number of anilines is 1. The number of carbonyl (C=O) groups is 2. The molecule has 2 amide bonds. The first kappa shape index (κ1) is 16.3. The van der Waals surface area contributed by atoms with Gasteiger partial charge in [0.15, 0.2) is 0 Å². The van der Waals surface area contributed by atoms with Crippen LogP contribution < -0.4 is 10.6 Å². The average Bonchev–Trinajstić information content (AvgIpc) is 2.38. The van der Waals surface area contributed by atoms with E-state index in [-0.39, 0.29) is 5.69 Å². The van der Waals surface area contributed by atoms with E-state index in [9.17, 15) is 14.0 Å². The minimum atomic E-state index is -1.11. The van der Waals surface area contributed by atoms with Crippen LogP contribution >= 0.6 is 11.8 Å². The second-order valence-corrected chi connectivity index (χ2v) is 5.24. The van der Waals surface area contributed by atoms with Crippen molar-refractivity contribution in [2.24, 2.45) is 0 Å². The number of thioether (sulfide) groups is 1. The number of benzene rings is 1. The standard InChI is InChI=1S/C13H17FN2O3S/c1-8-3-4-9(14)11(7-8)16-13(19)15-10(12(17)18)5-6-20-2/h3-4,7,10H,5-6H2,1-2H3,(H,17,18)(H2,15,16,19)/t10-/m0/s1. The maximum absolute atomic E-state index is 13.5. The molecule has 0 aliphatic carbocycles. The molecule has 7 heteroatoms. The lowest BCUT2D eigenvalue weighted by Gasteiger charge is -2.15. The van der Waals surface area contributed by atoms with Crippen LogP contribution in [0.2, 0.25) is 0 Å². The molecule has 0 saturated heterocycles. The molecule has 1 aromatic carbocycles. The highest BCUT2D eigenvalue weighted by molar-refractivity contribution is 7.98. The van der Waals surface area contributed by atoms with Crippen LogP contribution in [-0.4, -0.2) is 35.2 Å². The average molecular weight is 300 g/mol. The molecule has 0 heterocycles. The van der Waals surface area contributed by atoms with Gasteiger partial charge in [-0.25, -0.2) is 14.0 Å². The lowest BCUT2D eigenvalue weighted by atomic mass is 10.2. The normalized spacial score (nSPS) is 11.8. The van der Waals surface area contributed by atoms with E-state index in [2.05, 4.69) is 10.6 Å². The van der Waals surface area contributed by atoms with Gasteiger partial charge in [0.1, 0.15) is 11.9 Å². The third kappa shape index (κ3) is 5.08. The Morgan fingerprint density at radius 3 is 2.75 bits per heavy atom. The maximum Gasteiger partial charge on any atom is 0.326 e. The first-order valence-electron chi connectivity index (χ1n) is 5.99. The molecular formula is C13H17FN2O3S. The number of carboxylic acid groups (broad SMARTS) is 1. The van der Waals surface area contributed by atoms with Crippen LogP contribution in [0.25, 0.3) is 0 Å². The summed E-state index contributed by atoms with van der Waals surface area (Å²) in [5.41, 5.74) is 0.815. The van der Waals surface area contributed by atoms with E-state index >= 15 is 0 Å². The molecule has 110 valence electrons. The molecule has 0 aromatic heterocycles. The summed E-state index contributed by atoms with van der Waals surface area (Å²) in [4.78, 5) is 22.7. The molecule has 0 spiro atoms. The molecule has 0 saturated carbocycles. The number of aryl methyl sites for hydroxylation is 1.